The Morgan fingerprint density at radius 1 is 1.04 bits per heavy atom. The van der Waals surface area contributed by atoms with Crippen LogP contribution >= 0.6 is 0 Å². The van der Waals surface area contributed by atoms with E-state index in [4.69, 9.17) is 0 Å². The van der Waals surface area contributed by atoms with Crippen molar-refractivity contribution in [2.24, 2.45) is 0 Å². The lowest BCUT2D eigenvalue weighted by Gasteiger charge is -2.34. The fourth-order valence-electron chi connectivity index (χ4n) is 3.38. The van der Waals surface area contributed by atoms with E-state index in [0.29, 0.717) is 5.69 Å². The number of aromatic nitrogens is 2. The number of pyridine rings is 1. The van der Waals surface area contributed by atoms with E-state index in [1.807, 2.05) is 35.4 Å². The van der Waals surface area contributed by atoms with Gasteiger partial charge in [0.2, 0.25) is 0 Å². The highest BCUT2D eigenvalue weighted by Crippen LogP contribution is 2.13. The number of aryl methyl sites for hydroxylation is 1. The van der Waals surface area contributed by atoms with Gasteiger partial charge in [0.25, 0.3) is 5.91 Å². The van der Waals surface area contributed by atoms with Gasteiger partial charge in [-0.1, -0.05) is 35.9 Å². The van der Waals surface area contributed by atoms with Crippen molar-refractivity contribution in [3.05, 3.63) is 71.5 Å². The molecule has 0 radical (unpaired) electrons. The molecule has 1 aliphatic heterocycles. The highest BCUT2D eigenvalue weighted by molar-refractivity contribution is 5.93. The zero-order chi connectivity index (χ0) is 17.2. The summed E-state index contributed by atoms with van der Waals surface area (Å²) in [5, 5.41) is 4.40. The van der Waals surface area contributed by atoms with Crippen LogP contribution in [0.3, 0.4) is 0 Å². The highest BCUT2D eigenvalue weighted by atomic mass is 16.2. The van der Waals surface area contributed by atoms with Gasteiger partial charge in [0.1, 0.15) is 0 Å². The maximum atomic E-state index is 12.7. The largest absolute Gasteiger partial charge is 0.335 e. The molecule has 1 aliphatic rings. The van der Waals surface area contributed by atoms with Crippen molar-refractivity contribution >= 4 is 11.4 Å². The molecule has 1 fully saturated rings. The van der Waals surface area contributed by atoms with Crippen LogP contribution in [0.4, 0.5) is 0 Å². The molecule has 5 heteroatoms. The average molecular weight is 334 g/mol. The molecule has 4 rings (SSSR count). The number of nitrogens with zero attached hydrogens (tertiary/aromatic N) is 4. The molecule has 0 bridgehead atoms. The van der Waals surface area contributed by atoms with Gasteiger partial charge >= 0.3 is 0 Å². The minimum absolute atomic E-state index is 0.0268. The van der Waals surface area contributed by atoms with E-state index in [9.17, 15) is 4.79 Å². The van der Waals surface area contributed by atoms with Crippen LogP contribution in [0.25, 0.3) is 5.52 Å². The third kappa shape index (κ3) is 3.42. The van der Waals surface area contributed by atoms with Gasteiger partial charge in [0.15, 0.2) is 5.69 Å². The molecule has 0 unspecified atom stereocenters. The Balaban J connectivity index is 1.38. The number of hydrogen-bond acceptors (Lipinski definition) is 3. The second-order valence-electron chi connectivity index (χ2n) is 6.66. The first kappa shape index (κ1) is 15.8. The zero-order valence-electron chi connectivity index (χ0n) is 14.4. The van der Waals surface area contributed by atoms with Crippen LogP contribution in [0, 0.1) is 6.92 Å². The van der Waals surface area contributed by atoms with Crippen molar-refractivity contribution in [2.45, 2.75) is 13.5 Å². The summed E-state index contributed by atoms with van der Waals surface area (Å²) in [6.07, 6.45) is 1.87. The SMILES string of the molecule is Cc1cccc(CN2CCN(C(=O)c3cc4ccccn4n3)CC2)c1. The molecule has 3 aromatic rings. The molecule has 1 saturated heterocycles. The molecule has 1 amide bonds. The maximum Gasteiger partial charge on any atom is 0.274 e. The van der Waals surface area contributed by atoms with Crippen LogP contribution in [0.5, 0.6) is 0 Å². The first-order valence-corrected chi connectivity index (χ1v) is 8.71. The number of rotatable bonds is 3. The monoisotopic (exact) mass is 334 g/mol. The first-order valence-electron chi connectivity index (χ1n) is 8.71. The van der Waals surface area contributed by atoms with E-state index < -0.39 is 0 Å². The Labute approximate surface area is 147 Å². The fourth-order valence-corrected chi connectivity index (χ4v) is 3.38. The van der Waals surface area contributed by atoms with Crippen LogP contribution in [-0.2, 0) is 6.54 Å². The highest BCUT2D eigenvalue weighted by Gasteiger charge is 2.23. The maximum absolute atomic E-state index is 12.7. The van der Waals surface area contributed by atoms with Gasteiger partial charge in [0, 0.05) is 38.9 Å². The summed E-state index contributed by atoms with van der Waals surface area (Å²) in [4.78, 5) is 17.0. The molecule has 0 saturated carbocycles. The molecule has 5 nitrogen and oxygen atoms in total. The topological polar surface area (TPSA) is 40.9 Å². The Hall–Kier alpha value is -2.66. The number of hydrogen-bond donors (Lipinski definition) is 0. The van der Waals surface area contributed by atoms with E-state index in [1.54, 1.807) is 4.52 Å². The van der Waals surface area contributed by atoms with Gasteiger partial charge in [-0.05, 0) is 30.7 Å². The van der Waals surface area contributed by atoms with Gasteiger partial charge in [-0.25, -0.2) is 4.52 Å². The summed E-state index contributed by atoms with van der Waals surface area (Å²) in [7, 11) is 0. The Morgan fingerprint density at radius 2 is 1.88 bits per heavy atom. The Kier molecular flexibility index (Phi) is 4.24. The van der Waals surface area contributed by atoms with Crippen LogP contribution < -0.4 is 0 Å². The number of amides is 1. The summed E-state index contributed by atoms with van der Waals surface area (Å²) in [5.74, 6) is 0.0268. The lowest BCUT2D eigenvalue weighted by molar-refractivity contribution is 0.0622. The Morgan fingerprint density at radius 3 is 2.64 bits per heavy atom. The van der Waals surface area contributed by atoms with E-state index in [1.165, 1.54) is 11.1 Å². The molecule has 2 aromatic heterocycles. The third-order valence-electron chi connectivity index (χ3n) is 4.74. The molecule has 0 atom stereocenters. The van der Waals surface area contributed by atoms with Crippen molar-refractivity contribution in [2.75, 3.05) is 26.2 Å². The van der Waals surface area contributed by atoms with Gasteiger partial charge < -0.3 is 4.90 Å². The first-order chi connectivity index (χ1) is 12.2. The van der Waals surface area contributed by atoms with Crippen molar-refractivity contribution in [3.63, 3.8) is 0 Å². The molecular weight excluding hydrogens is 312 g/mol. The summed E-state index contributed by atoms with van der Waals surface area (Å²) in [6.45, 7) is 6.35. The summed E-state index contributed by atoms with van der Waals surface area (Å²) >= 11 is 0. The summed E-state index contributed by atoms with van der Waals surface area (Å²) in [5.41, 5.74) is 4.10. The predicted octanol–water partition coefficient (Wildman–Crippen LogP) is 2.60. The predicted molar refractivity (Wildman–Crippen MR) is 97.6 cm³/mol. The van der Waals surface area contributed by atoms with Crippen molar-refractivity contribution in [1.29, 1.82) is 0 Å². The lowest BCUT2D eigenvalue weighted by Crippen LogP contribution is -2.48. The molecule has 3 heterocycles. The van der Waals surface area contributed by atoms with Crippen LogP contribution in [-0.4, -0.2) is 51.5 Å². The van der Waals surface area contributed by atoms with E-state index in [2.05, 4.69) is 41.2 Å². The average Bonchev–Trinajstić information content (AvgIpc) is 3.06. The van der Waals surface area contributed by atoms with Gasteiger partial charge in [-0.2, -0.15) is 5.10 Å². The van der Waals surface area contributed by atoms with Crippen molar-refractivity contribution in [3.8, 4) is 0 Å². The van der Waals surface area contributed by atoms with E-state index >= 15 is 0 Å². The molecule has 0 aliphatic carbocycles. The van der Waals surface area contributed by atoms with Crippen LogP contribution in [0.2, 0.25) is 0 Å². The molecule has 1 aromatic carbocycles. The normalized spacial score (nSPS) is 15.6. The number of carbonyl (C=O) groups excluding carboxylic acids is 1. The number of carbonyl (C=O) groups is 1. The lowest BCUT2D eigenvalue weighted by atomic mass is 10.1. The second-order valence-corrected chi connectivity index (χ2v) is 6.66. The van der Waals surface area contributed by atoms with Crippen LogP contribution in [0.1, 0.15) is 21.6 Å². The van der Waals surface area contributed by atoms with Gasteiger partial charge in [0.05, 0.1) is 5.52 Å². The van der Waals surface area contributed by atoms with E-state index in [0.717, 1.165) is 38.2 Å². The molecule has 25 heavy (non-hydrogen) atoms. The van der Waals surface area contributed by atoms with Crippen molar-refractivity contribution in [1.82, 2.24) is 19.4 Å². The zero-order valence-corrected chi connectivity index (χ0v) is 14.4. The van der Waals surface area contributed by atoms with E-state index in [-0.39, 0.29) is 5.91 Å². The standard InChI is InChI=1S/C20H22N4O/c1-16-5-4-6-17(13-16)15-22-9-11-23(12-10-22)20(25)19-14-18-7-2-3-8-24(18)21-19/h2-8,13-14H,9-12,15H2,1H3. The minimum atomic E-state index is 0.0268. The molecule has 0 spiro atoms. The van der Waals surface area contributed by atoms with Gasteiger partial charge in [-0.3, -0.25) is 9.69 Å². The second kappa shape index (κ2) is 6.69. The van der Waals surface area contributed by atoms with Crippen LogP contribution in [0.15, 0.2) is 54.7 Å². The molecule has 128 valence electrons. The Bertz CT molecular complexity index is 860. The van der Waals surface area contributed by atoms with Gasteiger partial charge in [-0.15, -0.1) is 0 Å². The quantitative estimate of drug-likeness (QED) is 0.739. The summed E-state index contributed by atoms with van der Waals surface area (Å²) < 4.78 is 1.75. The number of benzene rings is 1. The fraction of sp³-hybridized carbons (Fsp3) is 0.300. The molecule has 0 N–H and O–H groups in total. The van der Waals surface area contributed by atoms with Crippen molar-refractivity contribution < 1.29 is 4.79 Å². The number of piperazine rings is 1. The summed E-state index contributed by atoms with van der Waals surface area (Å²) in [6, 6.07) is 16.3. The smallest absolute Gasteiger partial charge is 0.274 e. The third-order valence-corrected chi connectivity index (χ3v) is 4.74. The number of fused-ring (bicyclic) bond motifs is 1. The minimum Gasteiger partial charge on any atom is -0.335 e. The molecular formula is C20H22N4O.